The van der Waals surface area contributed by atoms with E-state index >= 15 is 0 Å². The highest BCUT2D eigenvalue weighted by atomic mass is 35.5. The molecule has 0 aromatic carbocycles. The molecule has 0 spiro atoms. The van der Waals surface area contributed by atoms with E-state index in [1.807, 2.05) is 6.92 Å². The minimum Gasteiger partial charge on any atom is -0.347 e. The summed E-state index contributed by atoms with van der Waals surface area (Å²) in [5.41, 5.74) is 0. The molecule has 0 aliphatic carbocycles. The lowest BCUT2D eigenvalue weighted by Crippen LogP contribution is -2.50. The van der Waals surface area contributed by atoms with E-state index < -0.39 is 11.8 Å². The van der Waals surface area contributed by atoms with Crippen LogP contribution in [0, 0.1) is 0 Å². The topological polar surface area (TPSA) is 49.4 Å². The largest absolute Gasteiger partial charge is 0.347 e. The van der Waals surface area contributed by atoms with Crippen molar-refractivity contribution in [3.8, 4) is 0 Å². The predicted molar refractivity (Wildman–Crippen MR) is 63.4 cm³/mol. The molecule has 0 saturated carbocycles. The lowest BCUT2D eigenvalue weighted by atomic mass is 10.00. The van der Waals surface area contributed by atoms with E-state index in [0.717, 1.165) is 25.7 Å². The molecule has 0 radical (unpaired) electrons. The second-order valence-corrected chi connectivity index (χ2v) is 4.38. The number of nitrogens with one attached hydrogen (secondary N) is 1. The number of carbonyl (C=O) groups is 2. The van der Waals surface area contributed by atoms with Crippen molar-refractivity contribution in [2.24, 2.45) is 0 Å². The first-order valence-corrected chi connectivity index (χ1v) is 6.39. The van der Waals surface area contributed by atoms with E-state index in [9.17, 15) is 9.59 Å². The van der Waals surface area contributed by atoms with Crippen LogP contribution in [0.2, 0.25) is 0 Å². The van der Waals surface area contributed by atoms with Gasteiger partial charge in [-0.25, -0.2) is 0 Å². The Morgan fingerprint density at radius 1 is 1.44 bits per heavy atom. The average Bonchev–Trinajstić information content (AvgIpc) is 2.34. The Balaban J connectivity index is 2.53. The summed E-state index contributed by atoms with van der Waals surface area (Å²) in [4.78, 5) is 25.0. The lowest BCUT2D eigenvalue weighted by molar-refractivity contribution is -0.148. The van der Waals surface area contributed by atoms with E-state index in [1.54, 1.807) is 4.90 Å². The highest BCUT2D eigenvalue weighted by molar-refractivity contribution is 6.35. The van der Waals surface area contributed by atoms with Gasteiger partial charge >= 0.3 is 11.8 Å². The molecule has 0 aromatic rings. The highest BCUT2D eigenvalue weighted by Crippen LogP contribution is 2.19. The van der Waals surface area contributed by atoms with Crippen LogP contribution in [0.5, 0.6) is 0 Å². The Bertz CT molecular complexity index is 258. The number of nitrogens with zero attached hydrogens (tertiary/aromatic N) is 1. The second kappa shape index (κ2) is 6.74. The van der Waals surface area contributed by atoms with Gasteiger partial charge in [0, 0.05) is 25.0 Å². The number of hydrogen-bond donors (Lipinski definition) is 1. The summed E-state index contributed by atoms with van der Waals surface area (Å²) in [6.45, 7) is 3.09. The van der Waals surface area contributed by atoms with Gasteiger partial charge in [0.2, 0.25) is 0 Å². The third-order valence-electron chi connectivity index (χ3n) is 2.93. The fourth-order valence-corrected chi connectivity index (χ4v) is 2.15. The first-order valence-electron chi connectivity index (χ1n) is 5.85. The minimum absolute atomic E-state index is 0.225. The summed E-state index contributed by atoms with van der Waals surface area (Å²) in [5, 5.41) is 2.51. The molecule has 1 atom stereocenters. The molecule has 4 nitrogen and oxygen atoms in total. The summed E-state index contributed by atoms with van der Waals surface area (Å²) in [7, 11) is 0. The van der Waals surface area contributed by atoms with Crippen LogP contribution in [0.4, 0.5) is 0 Å². The Kier molecular flexibility index (Phi) is 5.60. The van der Waals surface area contributed by atoms with E-state index in [-0.39, 0.29) is 6.04 Å². The van der Waals surface area contributed by atoms with Crippen LogP contribution < -0.4 is 5.32 Å². The van der Waals surface area contributed by atoms with Crippen molar-refractivity contribution >= 4 is 23.4 Å². The number of likely N-dealkylation sites (tertiary alicyclic amines) is 1. The maximum Gasteiger partial charge on any atom is 0.312 e. The minimum atomic E-state index is -0.527. The van der Waals surface area contributed by atoms with Gasteiger partial charge in [-0.15, -0.1) is 11.6 Å². The van der Waals surface area contributed by atoms with Crippen molar-refractivity contribution in [1.82, 2.24) is 10.2 Å². The quantitative estimate of drug-likeness (QED) is 0.600. The molecule has 1 saturated heterocycles. The molecule has 92 valence electrons. The molecule has 1 aliphatic rings. The molecule has 0 aromatic heterocycles. The van der Waals surface area contributed by atoms with Crippen molar-refractivity contribution in [2.75, 3.05) is 19.0 Å². The second-order valence-electron chi connectivity index (χ2n) is 4.00. The van der Waals surface area contributed by atoms with E-state index in [1.165, 1.54) is 0 Å². The molecule has 1 unspecified atom stereocenters. The lowest BCUT2D eigenvalue weighted by Gasteiger charge is -2.34. The molecular weight excluding hydrogens is 228 g/mol. The van der Waals surface area contributed by atoms with E-state index in [0.29, 0.717) is 19.0 Å². The Hall–Kier alpha value is -0.770. The number of carbonyl (C=O) groups excluding carboxylic acids is 2. The van der Waals surface area contributed by atoms with Crippen LogP contribution >= 0.6 is 11.6 Å². The average molecular weight is 247 g/mol. The van der Waals surface area contributed by atoms with Crippen LogP contribution in [0.25, 0.3) is 0 Å². The zero-order valence-corrected chi connectivity index (χ0v) is 10.4. The van der Waals surface area contributed by atoms with Gasteiger partial charge in [-0.1, -0.05) is 6.92 Å². The monoisotopic (exact) mass is 246 g/mol. The first-order chi connectivity index (χ1) is 7.70. The smallest absolute Gasteiger partial charge is 0.312 e. The number of hydrogen-bond acceptors (Lipinski definition) is 2. The fourth-order valence-electron chi connectivity index (χ4n) is 2.06. The van der Waals surface area contributed by atoms with Crippen molar-refractivity contribution < 1.29 is 9.59 Å². The van der Waals surface area contributed by atoms with Gasteiger partial charge < -0.3 is 10.2 Å². The molecule has 2 amide bonds. The highest BCUT2D eigenvalue weighted by Gasteiger charge is 2.29. The summed E-state index contributed by atoms with van der Waals surface area (Å²) < 4.78 is 0. The van der Waals surface area contributed by atoms with Crippen LogP contribution in [0.3, 0.4) is 0 Å². The van der Waals surface area contributed by atoms with Crippen LogP contribution in [0.15, 0.2) is 0 Å². The number of alkyl halides is 1. The van der Waals surface area contributed by atoms with Crippen molar-refractivity contribution in [3.05, 3.63) is 0 Å². The Labute approximate surface area is 101 Å². The van der Waals surface area contributed by atoms with Crippen molar-refractivity contribution in [1.29, 1.82) is 0 Å². The standard InChI is InChI=1S/C11H19ClN2O2/c1-2-9-5-3-4-8-14(9)11(16)10(15)13-7-6-12/h9H,2-8H2,1H3,(H,13,15). The molecule has 5 heteroatoms. The van der Waals surface area contributed by atoms with Gasteiger partial charge in [0.1, 0.15) is 0 Å². The molecule has 1 N–H and O–H groups in total. The van der Waals surface area contributed by atoms with Crippen LogP contribution in [0.1, 0.15) is 32.6 Å². The normalized spacial score (nSPS) is 20.6. The first kappa shape index (κ1) is 13.3. The van der Waals surface area contributed by atoms with Crippen LogP contribution in [-0.2, 0) is 9.59 Å². The maximum absolute atomic E-state index is 11.8. The van der Waals surface area contributed by atoms with Gasteiger partial charge in [-0.05, 0) is 25.7 Å². The molecule has 1 fully saturated rings. The third-order valence-corrected chi connectivity index (χ3v) is 3.12. The number of rotatable bonds is 3. The van der Waals surface area contributed by atoms with Gasteiger partial charge in [0.05, 0.1) is 0 Å². The van der Waals surface area contributed by atoms with Crippen molar-refractivity contribution in [2.45, 2.75) is 38.6 Å². The molecule has 0 bridgehead atoms. The van der Waals surface area contributed by atoms with E-state index in [2.05, 4.69) is 5.32 Å². The molecule has 1 aliphatic heterocycles. The Morgan fingerprint density at radius 2 is 2.19 bits per heavy atom. The SMILES string of the molecule is CCC1CCCCN1C(=O)C(=O)NCCCl. The van der Waals surface area contributed by atoms with Crippen molar-refractivity contribution in [3.63, 3.8) is 0 Å². The zero-order valence-electron chi connectivity index (χ0n) is 9.67. The summed E-state index contributed by atoms with van der Waals surface area (Å²) >= 11 is 5.45. The maximum atomic E-state index is 11.8. The third kappa shape index (κ3) is 3.37. The van der Waals surface area contributed by atoms with Gasteiger partial charge in [-0.3, -0.25) is 9.59 Å². The number of piperidine rings is 1. The molecule has 1 rings (SSSR count). The zero-order chi connectivity index (χ0) is 12.0. The van der Waals surface area contributed by atoms with Gasteiger partial charge in [0.15, 0.2) is 0 Å². The fraction of sp³-hybridized carbons (Fsp3) is 0.818. The predicted octanol–water partition coefficient (Wildman–Crippen LogP) is 1.13. The number of halogens is 1. The molecular formula is C11H19ClN2O2. The van der Waals surface area contributed by atoms with E-state index in [4.69, 9.17) is 11.6 Å². The Morgan fingerprint density at radius 3 is 2.81 bits per heavy atom. The summed E-state index contributed by atoms with van der Waals surface area (Å²) in [6.07, 6.45) is 4.05. The molecule has 1 heterocycles. The van der Waals surface area contributed by atoms with Crippen LogP contribution in [-0.4, -0.2) is 41.7 Å². The summed E-state index contributed by atoms with van der Waals surface area (Å²) in [5.74, 6) is -0.603. The summed E-state index contributed by atoms with van der Waals surface area (Å²) in [6, 6.07) is 0.225. The molecule has 16 heavy (non-hydrogen) atoms. The van der Waals surface area contributed by atoms with Gasteiger partial charge in [0.25, 0.3) is 0 Å². The number of amides is 2. The van der Waals surface area contributed by atoms with Gasteiger partial charge in [-0.2, -0.15) is 0 Å².